The Morgan fingerprint density at radius 2 is 1.77 bits per heavy atom. The highest BCUT2D eigenvalue weighted by atomic mass is 19.1. The Balaban J connectivity index is 1.82. The molecule has 0 saturated heterocycles. The van der Waals surface area contributed by atoms with E-state index in [-0.39, 0.29) is 29.0 Å². The monoisotopic (exact) mass is 471 g/mol. The van der Waals surface area contributed by atoms with Crippen molar-refractivity contribution in [3.8, 4) is 23.3 Å². The number of aryl methyl sites for hydroxylation is 1. The molecule has 0 fully saturated rings. The van der Waals surface area contributed by atoms with E-state index in [9.17, 15) is 18.8 Å². The summed E-state index contributed by atoms with van der Waals surface area (Å²) in [5, 5.41) is 18.5. The van der Waals surface area contributed by atoms with E-state index in [1.54, 1.807) is 48.4 Å². The lowest BCUT2D eigenvalue weighted by atomic mass is 10.0. The van der Waals surface area contributed by atoms with E-state index in [2.05, 4.69) is 11.1 Å². The number of pyridine rings is 1. The average Bonchev–Trinajstić information content (AvgIpc) is 3.29. The summed E-state index contributed by atoms with van der Waals surface area (Å²) in [4.78, 5) is 16.8. The molecule has 1 atom stereocenters. The number of imidazole rings is 1. The van der Waals surface area contributed by atoms with Gasteiger partial charge in [-0.3, -0.25) is 4.79 Å². The second-order valence-electron chi connectivity index (χ2n) is 7.87. The normalized spacial score (nSPS) is 11.6. The molecule has 0 aliphatic heterocycles. The largest absolute Gasteiger partial charge is 0.361 e. The molecular formula is C26H19F2N5O2. The van der Waals surface area contributed by atoms with Gasteiger partial charge in [-0.2, -0.15) is 10.5 Å². The lowest BCUT2D eigenvalue weighted by Crippen LogP contribution is -2.25. The van der Waals surface area contributed by atoms with Crippen LogP contribution < -0.4 is 5.56 Å². The number of nitriles is 2. The number of aromatic nitrogens is 3. The lowest BCUT2D eigenvalue weighted by Gasteiger charge is -2.22. The third-order valence-electron chi connectivity index (χ3n) is 5.73. The number of benzene rings is 2. The molecule has 7 nitrogen and oxygen atoms in total. The lowest BCUT2D eigenvalue weighted by molar-refractivity contribution is 0.0585. The van der Waals surface area contributed by atoms with Crippen LogP contribution in [0.5, 0.6) is 0 Å². The molecule has 4 rings (SSSR count). The molecule has 0 spiro atoms. The van der Waals surface area contributed by atoms with E-state index in [1.165, 1.54) is 17.7 Å². The fourth-order valence-corrected chi connectivity index (χ4v) is 3.83. The van der Waals surface area contributed by atoms with Gasteiger partial charge in [-0.1, -0.05) is 12.1 Å². The van der Waals surface area contributed by atoms with Gasteiger partial charge in [-0.05, 0) is 42.0 Å². The van der Waals surface area contributed by atoms with Crippen LogP contribution in [-0.4, -0.2) is 14.1 Å². The van der Waals surface area contributed by atoms with Crippen LogP contribution in [0.3, 0.4) is 0 Å². The van der Waals surface area contributed by atoms with Crippen LogP contribution in [0, 0.1) is 34.3 Å². The van der Waals surface area contributed by atoms with Crippen LogP contribution in [0.25, 0.3) is 11.1 Å². The van der Waals surface area contributed by atoms with Crippen LogP contribution in [0.2, 0.25) is 0 Å². The average molecular weight is 471 g/mol. The predicted octanol–water partition coefficient (Wildman–Crippen LogP) is 4.11. The van der Waals surface area contributed by atoms with E-state index in [4.69, 9.17) is 10.00 Å². The van der Waals surface area contributed by atoms with E-state index >= 15 is 0 Å². The number of rotatable bonds is 6. The molecule has 0 saturated carbocycles. The zero-order valence-corrected chi connectivity index (χ0v) is 18.9. The van der Waals surface area contributed by atoms with E-state index < -0.39 is 23.3 Å². The van der Waals surface area contributed by atoms with Gasteiger partial charge < -0.3 is 13.9 Å². The van der Waals surface area contributed by atoms with Gasteiger partial charge in [0.2, 0.25) is 0 Å². The molecule has 0 N–H and O–H groups in total. The van der Waals surface area contributed by atoms with Gasteiger partial charge in [-0.25, -0.2) is 13.8 Å². The van der Waals surface area contributed by atoms with Crippen molar-refractivity contribution in [2.45, 2.75) is 12.7 Å². The molecule has 0 bridgehead atoms. The fourth-order valence-electron chi connectivity index (χ4n) is 3.83. The third kappa shape index (κ3) is 4.58. The molecule has 2 aromatic carbocycles. The standard InChI is InChI=1S/C26H19F2N5O2/c1-32-15-31-13-23(32)25(17-5-3-16(11-29)4-6-17)35-14-24-21(9-18(12-30)26(34)33(24)2)20-10-19(27)7-8-22(20)28/h3-10,13,15,25H,14H2,1-2H3. The van der Waals surface area contributed by atoms with Gasteiger partial charge in [-0.15, -0.1) is 0 Å². The third-order valence-corrected chi connectivity index (χ3v) is 5.73. The molecule has 4 aromatic rings. The second kappa shape index (κ2) is 9.72. The number of ether oxygens (including phenoxy) is 1. The maximum atomic E-state index is 14.7. The van der Waals surface area contributed by atoms with Gasteiger partial charge in [0.1, 0.15) is 29.4 Å². The van der Waals surface area contributed by atoms with Crippen LogP contribution in [-0.2, 0) is 25.4 Å². The molecule has 35 heavy (non-hydrogen) atoms. The minimum Gasteiger partial charge on any atom is -0.361 e. The summed E-state index contributed by atoms with van der Waals surface area (Å²) >= 11 is 0. The van der Waals surface area contributed by atoms with Gasteiger partial charge in [0.25, 0.3) is 5.56 Å². The zero-order chi connectivity index (χ0) is 25.1. The van der Waals surface area contributed by atoms with Crippen LogP contribution in [0.4, 0.5) is 8.78 Å². The number of halogens is 2. The highest BCUT2D eigenvalue weighted by molar-refractivity contribution is 5.68. The first-order valence-electron chi connectivity index (χ1n) is 10.5. The van der Waals surface area contributed by atoms with Gasteiger partial charge >= 0.3 is 0 Å². The summed E-state index contributed by atoms with van der Waals surface area (Å²) in [6, 6.07) is 14.9. The zero-order valence-electron chi connectivity index (χ0n) is 18.9. The second-order valence-corrected chi connectivity index (χ2v) is 7.87. The first kappa shape index (κ1) is 23.6. The Hall–Kier alpha value is -4.60. The van der Waals surface area contributed by atoms with Crippen molar-refractivity contribution >= 4 is 0 Å². The van der Waals surface area contributed by atoms with Crippen molar-refractivity contribution in [2.75, 3.05) is 0 Å². The number of hydrogen-bond acceptors (Lipinski definition) is 5. The van der Waals surface area contributed by atoms with Gasteiger partial charge in [0.05, 0.1) is 42.2 Å². The van der Waals surface area contributed by atoms with Crippen molar-refractivity contribution in [2.24, 2.45) is 14.1 Å². The molecule has 1 unspecified atom stereocenters. The maximum Gasteiger partial charge on any atom is 0.268 e. The highest BCUT2D eigenvalue weighted by Gasteiger charge is 2.22. The van der Waals surface area contributed by atoms with E-state index in [1.807, 2.05) is 6.07 Å². The van der Waals surface area contributed by atoms with Crippen molar-refractivity contribution in [1.82, 2.24) is 14.1 Å². The Bertz CT molecular complexity index is 1540. The first-order chi connectivity index (χ1) is 16.8. The Morgan fingerprint density at radius 1 is 1.03 bits per heavy atom. The molecule has 2 aromatic heterocycles. The summed E-state index contributed by atoms with van der Waals surface area (Å²) in [6.07, 6.45) is 2.60. The minimum atomic E-state index is -0.703. The summed E-state index contributed by atoms with van der Waals surface area (Å²) in [5.74, 6) is -1.36. The Kier molecular flexibility index (Phi) is 6.54. The van der Waals surface area contributed by atoms with Crippen molar-refractivity contribution < 1.29 is 13.5 Å². The molecule has 0 aliphatic rings. The molecule has 0 amide bonds. The molecule has 9 heteroatoms. The molecule has 174 valence electrons. The van der Waals surface area contributed by atoms with Crippen LogP contribution >= 0.6 is 0 Å². The molecule has 0 aliphatic carbocycles. The first-order valence-corrected chi connectivity index (χ1v) is 10.5. The summed E-state index contributed by atoms with van der Waals surface area (Å²) in [6.45, 7) is -0.168. The number of hydrogen-bond donors (Lipinski definition) is 0. The smallest absolute Gasteiger partial charge is 0.268 e. The molecule has 0 radical (unpaired) electrons. The summed E-state index contributed by atoms with van der Waals surface area (Å²) in [7, 11) is 3.25. The van der Waals surface area contributed by atoms with Crippen molar-refractivity contribution in [3.63, 3.8) is 0 Å². The maximum absolute atomic E-state index is 14.7. The topological polar surface area (TPSA) is 96.6 Å². The van der Waals surface area contributed by atoms with Crippen LogP contribution in [0.1, 0.15) is 34.2 Å². The quantitative estimate of drug-likeness (QED) is 0.422. The highest BCUT2D eigenvalue weighted by Crippen LogP contribution is 2.31. The van der Waals surface area contributed by atoms with Crippen molar-refractivity contribution in [1.29, 1.82) is 10.5 Å². The van der Waals surface area contributed by atoms with Gasteiger partial charge in [0.15, 0.2) is 0 Å². The van der Waals surface area contributed by atoms with Gasteiger partial charge in [0, 0.05) is 25.2 Å². The minimum absolute atomic E-state index is 0.0915. The van der Waals surface area contributed by atoms with Crippen molar-refractivity contribution in [3.05, 3.63) is 111 Å². The van der Waals surface area contributed by atoms with Crippen LogP contribution in [0.15, 0.2) is 65.8 Å². The Morgan fingerprint density at radius 3 is 2.40 bits per heavy atom. The SMILES string of the molecule is Cn1cncc1C(OCc1c(-c2cc(F)ccc2F)cc(C#N)c(=O)n1C)c1ccc(C#N)cc1. The Labute approximate surface area is 199 Å². The number of nitrogens with zero attached hydrogens (tertiary/aromatic N) is 5. The summed E-state index contributed by atoms with van der Waals surface area (Å²) < 4.78 is 37.9. The predicted molar refractivity (Wildman–Crippen MR) is 123 cm³/mol. The summed E-state index contributed by atoms with van der Waals surface area (Å²) in [5.41, 5.74) is 1.47. The molecule has 2 heterocycles. The van der Waals surface area contributed by atoms with E-state index in [0.29, 0.717) is 11.3 Å². The fraction of sp³-hybridized carbons (Fsp3) is 0.154. The van der Waals surface area contributed by atoms with E-state index in [0.717, 1.165) is 23.8 Å². The molecular weight excluding hydrogens is 452 g/mol.